The van der Waals surface area contributed by atoms with Gasteiger partial charge < -0.3 is 5.32 Å². The molecule has 2 N–H and O–H groups in total. The van der Waals surface area contributed by atoms with Crippen molar-refractivity contribution in [1.29, 1.82) is 0 Å². The fourth-order valence-electron chi connectivity index (χ4n) is 2.06. The number of aryl methyl sites for hydroxylation is 1. The van der Waals surface area contributed by atoms with Gasteiger partial charge in [0.15, 0.2) is 0 Å². The molecular weight excluding hydrogens is 304 g/mol. The Balaban J connectivity index is 1.81. The second kappa shape index (κ2) is 5.76. The van der Waals surface area contributed by atoms with Crippen LogP contribution in [0.2, 0.25) is 5.02 Å². The van der Waals surface area contributed by atoms with Crippen LogP contribution in [0.5, 0.6) is 0 Å². The Hall–Kier alpha value is -2.04. The summed E-state index contributed by atoms with van der Waals surface area (Å²) in [6, 6.07) is 15.1. The van der Waals surface area contributed by atoms with Gasteiger partial charge in [0.1, 0.15) is 5.00 Å². The highest BCUT2D eigenvalue weighted by atomic mass is 35.5. The van der Waals surface area contributed by atoms with Crippen LogP contribution in [0, 0.1) is 6.92 Å². The van der Waals surface area contributed by atoms with Crippen LogP contribution in [-0.4, -0.2) is 6.03 Å². The van der Waals surface area contributed by atoms with Crippen LogP contribution in [0.15, 0.2) is 48.5 Å². The summed E-state index contributed by atoms with van der Waals surface area (Å²) in [6.07, 6.45) is 0. The van der Waals surface area contributed by atoms with Crippen LogP contribution in [-0.2, 0) is 0 Å². The number of hydrogen-bond acceptors (Lipinski definition) is 2. The number of fused-ring (bicyclic) bond motifs is 1. The Morgan fingerprint density at radius 2 is 1.76 bits per heavy atom. The molecule has 5 heteroatoms. The molecule has 3 aromatic rings. The zero-order valence-corrected chi connectivity index (χ0v) is 12.9. The Labute approximate surface area is 131 Å². The number of benzene rings is 2. The van der Waals surface area contributed by atoms with E-state index in [0.717, 1.165) is 21.3 Å². The third-order valence-corrected chi connectivity index (χ3v) is 4.75. The average molecular weight is 317 g/mol. The van der Waals surface area contributed by atoms with Gasteiger partial charge in [-0.2, -0.15) is 0 Å². The highest BCUT2D eigenvalue weighted by Gasteiger charge is 2.12. The lowest BCUT2D eigenvalue weighted by molar-refractivity contribution is 0.262. The molecule has 0 unspecified atom stereocenters. The first-order valence-electron chi connectivity index (χ1n) is 6.46. The normalized spacial score (nSPS) is 10.6. The molecule has 1 heterocycles. The van der Waals surface area contributed by atoms with Crippen LogP contribution in [0.25, 0.3) is 10.1 Å². The first-order chi connectivity index (χ1) is 10.1. The number of carbonyl (C=O) groups excluding carboxylic acids is 1. The zero-order chi connectivity index (χ0) is 14.8. The number of urea groups is 1. The monoisotopic (exact) mass is 316 g/mol. The first kappa shape index (κ1) is 13.9. The average Bonchev–Trinajstić information content (AvgIpc) is 2.78. The Morgan fingerprint density at radius 1 is 1.05 bits per heavy atom. The first-order valence-corrected chi connectivity index (χ1v) is 7.65. The van der Waals surface area contributed by atoms with Crippen LogP contribution < -0.4 is 10.6 Å². The van der Waals surface area contributed by atoms with Gasteiger partial charge in [-0.3, -0.25) is 5.32 Å². The van der Waals surface area contributed by atoms with Gasteiger partial charge in [0.2, 0.25) is 0 Å². The molecule has 0 aliphatic carbocycles. The van der Waals surface area contributed by atoms with Crippen molar-refractivity contribution in [2.75, 3.05) is 10.6 Å². The number of hydrogen-bond donors (Lipinski definition) is 2. The van der Waals surface area contributed by atoms with Gasteiger partial charge in [-0.1, -0.05) is 48.0 Å². The topological polar surface area (TPSA) is 41.1 Å². The highest BCUT2D eigenvalue weighted by molar-refractivity contribution is 7.23. The number of thiophene rings is 1. The number of nitrogens with one attached hydrogen (secondary N) is 2. The van der Waals surface area contributed by atoms with Gasteiger partial charge in [0.05, 0.1) is 5.02 Å². The van der Waals surface area contributed by atoms with E-state index >= 15 is 0 Å². The molecule has 21 heavy (non-hydrogen) atoms. The fraction of sp³-hybridized carbons (Fsp3) is 0.0625. The summed E-state index contributed by atoms with van der Waals surface area (Å²) in [5.41, 5.74) is 1.79. The van der Waals surface area contributed by atoms with E-state index in [1.807, 2.05) is 55.5 Å². The van der Waals surface area contributed by atoms with Crippen molar-refractivity contribution in [1.82, 2.24) is 0 Å². The van der Waals surface area contributed by atoms with Crippen molar-refractivity contribution in [2.45, 2.75) is 6.92 Å². The van der Waals surface area contributed by atoms with Crippen molar-refractivity contribution in [3.8, 4) is 0 Å². The smallest absolute Gasteiger partial charge is 0.307 e. The quantitative estimate of drug-likeness (QED) is 0.643. The Kier molecular flexibility index (Phi) is 3.82. The van der Waals surface area contributed by atoms with E-state index in [0.29, 0.717) is 10.0 Å². The highest BCUT2D eigenvalue weighted by Crippen LogP contribution is 2.39. The Morgan fingerprint density at radius 3 is 2.52 bits per heavy atom. The van der Waals surface area contributed by atoms with Crippen LogP contribution in [0.4, 0.5) is 15.5 Å². The van der Waals surface area contributed by atoms with E-state index in [-0.39, 0.29) is 6.03 Å². The standard InChI is InChI=1S/C16H13ClN2OS/c1-10-6-2-4-8-12(10)18-16(20)19-15-14(17)11-7-3-5-9-13(11)21-15/h2-9H,1H3,(H2,18,19,20). The number of amides is 2. The molecule has 0 saturated carbocycles. The van der Waals surface area contributed by atoms with E-state index < -0.39 is 0 Å². The predicted molar refractivity (Wildman–Crippen MR) is 90.7 cm³/mol. The van der Waals surface area contributed by atoms with E-state index in [1.165, 1.54) is 11.3 Å². The van der Waals surface area contributed by atoms with Gasteiger partial charge in [-0.15, -0.1) is 11.3 Å². The minimum Gasteiger partial charge on any atom is -0.307 e. The van der Waals surface area contributed by atoms with Crippen LogP contribution in [0.1, 0.15) is 5.56 Å². The van der Waals surface area contributed by atoms with Gasteiger partial charge in [-0.25, -0.2) is 4.79 Å². The molecule has 2 aromatic carbocycles. The third kappa shape index (κ3) is 2.86. The summed E-state index contributed by atoms with van der Waals surface area (Å²) < 4.78 is 1.05. The molecular formula is C16H13ClN2OS. The maximum Gasteiger partial charge on any atom is 0.324 e. The van der Waals surface area contributed by atoms with E-state index in [4.69, 9.17) is 11.6 Å². The largest absolute Gasteiger partial charge is 0.324 e. The molecule has 0 atom stereocenters. The summed E-state index contributed by atoms with van der Waals surface area (Å²) in [6.45, 7) is 1.95. The van der Waals surface area contributed by atoms with Crippen LogP contribution >= 0.6 is 22.9 Å². The molecule has 106 valence electrons. The minimum absolute atomic E-state index is 0.294. The number of rotatable bonds is 2. The molecule has 2 amide bonds. The van der Waals surface area contributed by atoms with Gasteiger partial charge in [0, 0.05) is 15.8 Å². The summed E-state index contributed by atoms with van der Waals surface area (Å²) in [5.74, 6) is 0. The number of halogens is 1. The maximum absolute atomic E-state index is 12.1. The predicted octanol–water partition coefficient (Wildman–Crippen LogP) is 5.51. The Bertz CT molecular complexity index is 813. The van der Waals surface area contributed by atoms with Crippen molar-refractivity contribution < 1.29 is 4.79 Å². The van der Waals surface area contributed by atoms with Crippen LogP contribution in [0.3, 0.4) is 0 Å². The van der Waals surface area contributed by atoms with Crippen molar-refractivity contribution in [3.05, 3.63) is 59.1 Å². The molecule has 1 aromatic heterocycles. The molecule has 0 aliphatic rings. The fourth-order valence-corrected chi connectivity index (χ4v) is 3.44. The summed E-state index contributed by atoms with van der Waals surface area (Å²) in [5, 5.41) is 7.83. The molecule has 3 nitrogen and oxygen atoms in total. The van der Waals surface area contributed by atoms with Crippen molar-refractivity contribution in [3.63, 3.8) is 0 Å². The van der Waals surface area contributed by atoms with E-state index in [2.05, 4.69) is 10.6 Å². The lowest BCUT2D eigenvalue weighted by Crippen LogP contribution is -2.19. The maximum atomic E-state index is 12.1. The van der Waals surface area contributed by atoms with Crippen molar-refractivity contribution >= 4 is 49.7 Å². The summed E-state index contributed by atoms with van der Waals surface area (Å²) in [7, 11) is 0. The molecule has 0 fully saturated rings. The number of anilines is 2. The second-order valence-corrected chi connectivity index (χ2v) is 6.07. The number of para-hydroxylation sites is 1. The molecule has 0 bridgehead atoms. The second-order valence-electron chi connectivity index (χ2n) is 4.64. The lowest BCUT2D eigenvalue weighted by Gasteiger charge is -2.08. The minimum atomic E-state index is -0.294. The molecule has 0 radical (unpaired) electrons. The summed E-state index contributed by atoms with van der Waals surface area (Å²) >= 11 is 7.77. The molecule has 3 rings (SSSR count). The van der Waals surface area contributed by atoms with Gasteiger partial charge in [0.25, 0.3) is 0 Å². The third-order valence-electron chi connectivity index (χ3n) is 3.16. The number of carbonyl (C=O) groups is 1. The van der Waals surface area contributed by atoms with E-state index in [9.17, 15) is 4.79 Å². The van der Waals surface area contributed by atoms with Gasteiger partial charge in [-0.05, 0) is 24.6 Å². The zero-order valence-electron chi connectivity index (χ0n) is 11.3. The molecule has 0 aliphatic heterocycles. The molecule has 0 spiro atoms. The molecule has 0 saturated heterocycles. The van der Waals surface area contributed by atoms with Gasteiger partial charge >= 0.3 is 6.03 Å². The summed E-state index contributed by atoms with van der Waals surface area (Å²) in [4.78, 5) is 12.1. The van der Waals surface area contributed by atoms with Crippen molar-refractivity contribution in [2.24, 2.45) is 0 Å². The lowest BCUT2D eigenvalue weighted by atomic mass is 10.2. The van der Waals surface area contributed by atoms with E-state index in [1.54, 1.807) is 0 Å². The SMILES string of the molecule is Cc1ccccc1NC(=O)Nc1sc2ccccc2c1Cl.